The van der Waals surface area contributed by atoms with Gasteiger partial charge in [-0.15, -0.1) is 0 Å². The van der Waals surface area contributed by atoms with Gasteiger partial charge in [-0.05, 0) is 81.9 Å². The summed E-state index contributed by atoms with van der Waals surface area (Å²) in [6.07, 6.45) is 0. The molecular weight excluding hydrogens is 936 g/mol. The first-order valence-corrected chi connectivity index (χ1v) is 20.1. The van der Waals surface area contributed by atoms with E-state index in [-0.39, 0.29) is 11.6 Å². The zero-order chi connectivity index (χ0) is 38.0. The number of carbonyl (C=O) groups excluding carboxylic acids is 2. The van der Waals surface area contributed by atoms with Gasteiger partial charge in [0.15, 0.2) is 11.6 Å². The standard InChI is InChI=1S/C26H18Br2O2.C14H8O2.C6H4Br2/c27-19-13-9-17(10-14-19)25(29)21-5-1-2-6-22(21)26(30,18-11-15-20(28)16-12-18)24-8-4-3-7-23(24)25;15-13-9-5-1-2-6-10(9)14(16)12-8-4-3-7-11(12)13;7-5-1-2-6(8)4-3-5/h1-16,29-30H;1-8H;1-4H. The number of aliphatic hydroxyl groups is 2. The van der Waals surface area contributed by atoms with Gasteiger partial charge in [0.1, 0.15) is 11.2 Å². The second-order valence-electron chi connectivity index (χ2n) is 12.7. The fourth-order valence-electron chi connectivity index (χ4n) is 7.00. The predicted octanol–water partition coefficient (Wildman–Crippen LogP) is 11.8. The van der Waals surface area contributed by atoms with Gasteiger partial charge in [-0.25, -0.2) is 0 Å². The molecule has 0 saturated heterocycles. The molecule has 0 bridgehead atoms. The second-order valence-corrected chi connectivity index (χ2v) is 16.4. The molecule has 0 saturated carbocycles. The Morgan fingerprint density at radius 3 is 0.759 bits per heavy atom. The van der Waals surface area contributed by atoms with Crippen molar-refractivity contribution < 1.29 is 19.8 Å². The molecule has 0 spiro atoms. The van der Waals surface area contributed by atoms with Crippen molar-refractivity contribution in [1.82, 2.24) is 0 Å². The minimum absolute atomic E-state index is 0.0641. The first-order valence-electron chi connectivity index (χ1n) is 16.9. The zero-order valence-corrected chi connectivity index (χ0v) is 34.7. The molecule has 0 fully saturated rings. The summed E-state index contributed by atoms with van der Waals surface area (Å²) >= 11 is 13.6. The monoisotopic (exact) mass is 962 g/mol. The minimum Gasteiger partial charge on any atom is -0.376 e. The third-order valence-electron chi connectivity index (χ3n) is 9.57. The van der Waals surface area contributed by atoms with Crippen molar-refractivity contribution in [3.8, 4) is 0 Å². The van der Waals surface area contributed by atoms with Crippen molar-refractivity contribution >= 4 is 75.3 Å². The van der Waals surface area contributed by atoms with E-state index in [1.54, 1.807) is 48.5 Å². The number of benzene rings is 7. The van der Waals surface area contributed by atoms with Crippen LogP contribution in [0.3, 0.4) is 0 Å². The third-order valence-corrected chi connectivity index (χ3v) is 11.7. The highest BCUT2D eigenvalue weighted by molar-refractivity contribution is 9.11. The van der Waals surface area contributed by atoms with Crippen LogP contribution in [0.15, 0.2) is 188 Å². The molecule has 0 unspecified atom stereocenters. The maximum Gasteiger partial charge on any atom is 0.194 e. The average molecular weight is 966 g/mol. The number of rotatable bonds is 2. The van der Waals surface area contributed by atoms with E-state index in [4.69, 9.17) is 0 Å². The lowest BCUT2D eigenvalue weighted by molar-refractivity contribution is 0.0748. The molecule has 0 radical (unpaired) electrons. The maximum atomic E-state index is 12.2. The third kappa shape index (κ3) is 7.03. The van der Waals surface area contributed by atoms with Crippen LogP contribution in [0, 0.1) is 0 Å². The van der Waals surface area contributed by atoms with Crippen LogP contribution >= 0.6 is 63.7 Å². The average Bonchev–Trinajstić information content (AvgIpc) is 3.21. The molecule has 0 atom stereocenters. The molecule has 266 valence electrons. The van der Waals surface area contributed by atoms with E-state index in [2.05, 4.69) is 63.7 Å². The van der Waals surface area contributed by atoms with Gasteiger partial charge < -0.3 is 10.2 Å². The molecule has 2 aliphatic carbocycles. The lowest BCUT2D eigenvalue weighted by atomic mass is 9.63. The Labute approximate surface area is 347 Å². The van der Waals surface area contributed by atoms with Gasteiger partial charge in [0, 0.05) is 40.1 Å². The molecule has 0 amide bonds. The van der Waals surface area contributed by atoms with Crippen molar-refractivity contribution in [1.29, 1.82) is 0 Å². The molecule has 2 N–H and O–H groups in total. The number of hydrogen-bond donors (Lipinski definition) is 2. The van der Waals surface area contributed by atoms with E-state index in [1.807, 2.05) is 121 Å². The Morgan fingerprint density at radius 1 is 0.315 bits per heavy atom. The molecule has 9 rings (SSSR count). The highest BCUT2D eigenvalue weighted by Gasteiger charge is 2.50. The number of ketones is 2. The molecule has 4 nitrogen and oxygen atoms in total. The van der Waals surface area contributed by atoms with Gasteiger partial charge in [-0.3, -0.25) is 9.59 Å². The quantitative estimate of drug-likeness (QED) is 0.181. The van der Waals surface area contributed by atoms with Gasteiger partial charge in [-0.2, -0.15) is 0 Å². The smallest absolute Gasteiger partial charge is 0.194 e. The van der Waals surface area contributed by atoms with Gasteiger partial charge in [0.2, 0.25) is 0 Å². The lowest BCUT2D eigenvalue weighted by Crippen LogP contribution is -2.44. The molecule has 54 heavy (non-hydrogen) atoms. The van der Waals surface area contributed by atoms with Gasteiger partial charge in [-0.1, -0.05) is 185 Å². The summed E-state index contributed by atoms with van der Waals surface area (Å²) in [5.74, 6) is -0.128. The Hall–Kier alpha value is -4.28. The molecule has 7 aromatic rings. The summed E-state index contributed by atoms with van der Waals surface area (Å²) < 4.78 is 4.11. The van der Waals surface area contributed by atoms with E-state index < -0.39 is 11.2 Å². The van der Waals surface area contributed by atoms with E-state index >= 15 is 0 Å². The topological polar surface area (TPSA) is 74.6 Å². The van der Waals surface area contributed by atoms with Crippen molar-refractivity contribution in [2.24, 2.45) is 0 Å². The van der Waals surface area contributed by atoms with E-state index in [0.29, 0.717) is 44.5 Å². The second kappa shape index (κ2) is 15.8. The Balaban J connectivity index is 0.000000155. The first kappa shape index (κ1) is 38.0. The van der Waals surface area contributed by atoms with E-state index in [1.165, 1.54) is 0 Å². The summed E-state index contributed by atoms with van der Waals surface area (Å²) in [4.78, 5) is 24.2. The Kier molecular flexibility index (Phi) is 11.1. The van der Waals surface area contributed by atoms with Crippen LogP contribution < -0.4 is 0 Å². The molecule has 7 aromatic carbocycles. The van der Waals surface area contributed by atoms with Crippen LogP contribution in [0.4, 0.5) is 0 Å². The highest BCUT2D eigenvalue weighted by atomic mass is 79.9. The van der Waals surface area contributed by atoms with Gasteiger partial charge in [0.05, 0.1) is 0 Å². The van der Waals surface area contributed by atoms with Gasteiger partial charge in [0.25, 0.3) is 0 Å². The molecule has 0 heterocycles. The summed E-state index contributed by atoms with van der Waals surface area (Å²) in [5.41, 5.74) is 3.48. The molecule has 8 heteroatoms. The van der Waals surface area contributed by atoms with E-state index in [9.17, 15) is 19.8 Å². The predicted molar refractivity (Wildman–Crippen MR) is 227 cm³/mol. The number of fused-ring (bicyclic) bond motifs is 4. The van der Waals surface area contributed by atoms with Crippen LogP contribution in [0.5, 0.6) is 0 Å². The SMILES string of the molecule is Brc1ccc(Br)cc1.O=C1c2ccccc2C(=O)c2ccccc21.OC1(c2ccc(Br)cc2)c2ccccc2C(O)(c2ccc(Br)cc2)c2ccccc21. The van der Waals surface area contributed by atoms with Crippen LogP contribution in [-0.4, -0.2) is 21.8 Å². The molecular formula is C46H30Br4O4. The van der Waals surface area contributed by atoms with E-state index in [0.717, 1.165) is 29.0 Å². The maximum absolute atomic E-state index is 12.2. The summed E-state index contributed by atoms with van der Waals surface area (Å²) in [6.45, 7) is 0. The fraction of sp³-hybridized carbons (Fsp3) is 0.0435. The van der Waals surface area contributed by atoms with Crippen molar-refractivity contribution in [2.75, 3.05) is 0 Å². The minimum atomic E-state index is -1.38. The molecule has 0 aliphatic heterocycles. The van der Waals surface area contributed by atoms with Crippen LogP contribution in [-0.2, 0) is 11.2 Å². The molecule has 0 aromatic heterocycles. The number of halogens is 4. The Morgan fingerprint density at radius 2 is 0.519 bits per heavy atom. The first-order chi connectivity index (χ1) is 26.0. The van der Waals surface area contributed by atoms with Gasteiger partial charge >= 0.3 is 0 Å². The zero-order valence-electron chi connectivity index (χ0n) is 28.4. The summed E-state index contributed by atoms with van der Waals surface area (Å²) in [6, 6.07) is 52.4. The van der Waals surface area contributed by atoms with Crippen LogP contribution in [0.2, 0.25) is 0 Å². The normalized spacial score (nSPS) is 17.7. The lowest BCUT2D eigenvalue weighted by Gasteiger charge is -2.45. The van der Waals surface area contributed by atoms with Crippen molar-refractivity contribution in [3.05, 3.63) is 243 Å². The van der Waals surface area contributed by atoms with Crippen molar-refractivity contribution in [2.45, 2.75) is 11.2 Å². The summed E-state index contributed by atoms with van der Waals surface area (Å²) in [7, 11) is 0. The Bertz CT molecular complexity index is 2220. The van der Waals surface area contributed by atoms with Crippen molar-refractivity contribution in [3.63, 3.8) is 0 Å². The highest BCUT2D eigenvalue weighted by Crippen LogP contribution is 2.53. The molecule has 2 aliphatic rings. The number of hydrogen-bond acceptors (Lipinski definition) is 4. The van der Waals surface area contributed by atoms with Crippen LogP contribution in [0.1, 0.15) is 65.2 Å². The number of carbonyl (C=O) groups is 2. The fourth-order valence-corrected chi connectivity index (χ4v) is 8.06. The van der Waals surface area contributed by atoms with Crippen LogP contribution in [0.25, 0.3) is 0 Å². The largest absolute Gasteiger partial charge is 0.376 e. The summed E-state index contributed by atoms with van der Waals surface area (Å²) in [5, 5.41) is 24.5.